The lowest BCUT2D eigenvalue weighted by Crippen LogP contribution is -2.23. The van der Waals surface area contributed by atoms with E-state index in [1.54, 1.807) is 0 Å². The third kappa shape index (κ3) is 3.14. The minimum absolute atomic E-state index is 0.267. The quantitative estimate of drug-likeness (QED) is 0.850. The van der Waals surface area contributed by atoms with Crippen molar-refractivity contribution in [1.82, 2.24) is 19.9 Å². The summed E-state index contributed by atoms with van der Waals surface area (Å²) in [6, 6.07) is 4.36. The summed E-state index contributed by atoms with van der Waals surface area (Å²) in [6.45, 7) is 3.05. The number of imidazole rings is 1. The zero-order chi connectivity index (χ0) is 12.1. The third-order valence-corrected chi connectivity index (χ3v) is 2.72. The second-order valence-corrected chi connectivity index (χ2v) is 4.13. The van der Waals surface area contributed by atoms with E-state index >= 15 is 0 Å². The van der Waals surface area contributed by atoms with Crippen molar-refractivity contribution in [3.05, 3.63) is 48.3 Å². The molecule has 0 radical (unpaired) electrons. The molecule has 2 heterocycles. The molecule has 1 N–H and O–H groups in total. The Balaban J connectivity index is 2.13. The van der Waals surface area contributed by atoms with Gasteiger partial charge in [-0.05, 0) is 30.7 Å². The van der Waals surface area contributed by atoms with Gasteiger partial charge in [-0.3, -0.25) is 4.98 Å². The van der Waals surface area contributed by atoms with E-state index in [0.717, 1.165) is 18.7 Å². The van der Waals surface area contributed by atoms with Gasteiger partial charge in [-0.2, -0.15) is 0 Å². The van der Waals surface area contributed by atoms with Crippen molar-refractivity contribution in [3.8, 4) is 0 Å². The van der Waals surface area contributed by atoms with Gasteiger partial charge in [0.2, 0.25) is 0 Å². The highest BCUT2D eigenvalue weighted by Gasteiger charge is 2.13. The van der Waals surface area contributed by atoms with Gasteiger partial charge in [0.15, 0.2) is 0 Å². The summed E-state index contributed by atoms with van der Waals surface area (Å²) in [7, 11) is 1.99. The van der Waals surface area contributed by atoms with E-state index in [9.17, 15) is 0 Å². The summed E-state index contributed by atoms with van der Waals surface area (Å²) >= 11 is 0. The second-order valence-electron chi connectivity index (χ2n) is 4.13. The standard InChI is InChI=1S/C13H18N4/c1-3-15-12(13-9-17(2)10-16-13)8-11-4-6-14-7-5-11/h4-7,9-10,12,15H,3,8H2,1-2H3. The maximum absolute atomic E-state index is 4.42. The molecule has 0 spiro atoms. The van der Waals surface area contributed by atoms with Crippen molar-refractivity contribution < 1.29 is 0 Å². The molecule has 90 valence electrons. The van der Waals surface area contributed by atoms with Crippen LogP contribution in [-0.2, 0) is 13.5 Å². The first-order valence-corrected chi connectivity index (χ1v) is 5.89. The second kappa shape index (κ2) is 5.59. The maximum atomic E-state index is 4.42. The summed E-state index contributed by atoms with van der Waals surface area (Å²) in [5.74, 6) is 0. The lowest BCUT2D eigenvalue weighted by atomic mass is 10.1. The van der Waals surface area contributed by atoms with Crippen LogP contribution >= 0.6 is 0 Å². The average Bonchev–Trinajstić information content (AvgIpc) is 2.77. The van der Waals surface area contributed by atoms with Crippen LogP contribution in [0.15, 0.2) is 37.1 Å². The molecule has 4 heteroatoms. The van der Waals surface area contributed by atoms with E-state index in [-0.39, 0.29) is 6.04 Å². The Labute approximate surface area is 102 Å². The van der Waals surface area contributed by atoms with E-state index < -0.39 is 0 Å². The molecular formula is C13H18N4. The number of aryl methyl sites for hydroxylation is 1. The van der Waals surface area contributed by atoms with Gasteiger partial charge in [0, 0.05) is 25.6 Å². The molecule has 0 aromatic carbocycles. The zero-order valence-corrected chi connectivity index (χ0v) is 10.3. The number of rotatable bonds is 5. The molecule has 17 heavy (non-hydrogen) atoms. The number of hydrogen-bond donors (Lipinski definition) is 1. The third-order valence-electron chi connectivity index (χ3n) is 2.72. The average molecular weight is 230 g/mol. The van der Waals surface area contributed by atoms with Crippen molar-refractivity contribution in [2.75, 3.05) is 6.54 Å². The van der Waals surface area contributed by atoms with E-state index in [4.69, 9.17) is 0 Å². The molecule has 2 aromatic rings. The monoisotopic (exact) mass is 230 g/mol. The fourth-order valence-corrected chi connectivity index (χ4v) is 1.90. The molecule has 1 unspecified atom stereocenters. The fraction of sp³-hybridized carbons (Fsp3) is 0.385. The van der Waals surface area contributed by atoms with Crippen molar-refractivity contribution in [2.24, 2.45) is 7.05 Å². The molecule has 2 rings (SSSR count). The SMILES string of the molecule is CCNC(Cc1ccncc1)c1cn(C)cn1. The highest BCUT2D eigenvalue weighted by molar-refractivity contribution is 5.15. The molecule has 2 aromatic heterocycles. The number of hydrogen-bond acceptors (Lipinski definition) is 3. The summed E-state index contributed by atoms with van der Waals surface area (Å²) in [4.78, 5) is 8.45. The normalized spacial score (nSPS) is 12.6. The molecule has 0 aliphatic rings. The van der Waals surface area contributed by atoms with Gasteiger partial charge in [0.05, 0.1) is 18.1 Å². The summed E-state index contributed by atoms with van der Waals surface area (Å²) < 4.78 is 1.98. The first kappa shape index (κ1) is 11.8. The molecule has 0 aliphatic carbocycles. The van der Waals surface area contributed by atoms with E-state index in [2.05, 4.69) is 28.4 Å². The Morgan fingerprint density at radius 2 is 2.12 bits per heavy atom. The van der Waals surface area contributed by atoms with Crippen LogP contribution in [0.4, 0.5) is 0 Å². The predicted octanol–water partition coefficient (Wildman–Crippen LogP) is 1.71. The lowest BCUT2D eigenvalue weighted by Gasteiger charge is -2.15. The smallest absolute Gasteiger partial charge is 0.0947 e. The van der Waals surface area contributed by atoms with Gasteiger partial charge in [0.25, 0.3) is 0 Å². The van der Waals surface area contributed by atoms with Gasteiger partial charge in [0.1, 0.15) is 0 Å². The molecule has 0 bridgehead atoms. The Morgan fingerprint density at radius 1 is 1.35 bits per heavy atom. The van der Waals surface area contributed by atoms with Crippen molar-refractivity contribution in [2.45, 2.75) is 19.4 Å². The van der Waals surface area contributed by atoms with E-state index in [0.29, 0.717) is 0 Å². The maximum Gasteiger partial charge on any atom is 0.0947 e. The van der Waals surface area contributed by atoms with Crippen LogP contribution in [0.2, 0.25) is 0 Å². The fourth-order valence-electron chi connectivity index (χ4n) is 1.90. The van der Waals surface area contributed by atoms with Crippen molar-refractivity contribution >= 4 is 0 Å². The van der Waals surface area contributed by atoms with Crippen LogP contribution in [0.25, 0.3) is 0 Å². The van der Waals surface area contributed by atoms with Gasteiger partial charge >= 0.3 is 0 Å². The highest BCUT2D eigenvalue weighted by atomic mass is 15.0. The molecule has 4 nitrogen and oxygen atoms in total. The van der Waals surface area contributed by atoms with Crippen LogP contribution < -0.4 is 5.32 Å². The number of nitrogens with one attached hydrogen (secondary N) is 1. The molecule has 0 fully saturated rings. The summed E-state index contributed by atoms with van der Waals surface area (Å²) in [5.41, 5.74) is 2.36. The van der Waals surface area contributed by atoms with Crippen LogP contribution in [0.1, 0.15) is 24.2 Å². The van der Waals surface area contributed by atoms with Gasteiger partial charge in [-0.15, -0.1) is 0 Å². The first-order valence-electron chi connectivity index (χ1n) is 5.89. The highest BCUT2D eigenvalue weighted by Crippen LogP contribution is 2.15. The van der Waals surface area contributed by atoms with E-state index in [1.165, 1.54) is 5.56 Å². The molecular weight excluding hydrogens is 212 g/mol. The minimum Gasteiger partial charge on any atom is -0.340 e. The molecule has 0 saturated carbocycles. The van der Waals surface area contributed by atoms with Gasteiger partial charge < -0.3 is 9.88 Å². The Kier molecular flexibility index (Phi) is 3.88. The Hall–Kier alpha value is -1.68. The number of aromatic nitrogens is 3. The number of pyridine rings is 1. The Bertz CT molecular complexity index is 449. The Morgan fingerprint density at radius 3 is 2.71 bits per heavy atom. The number of nitrogens with zero attached hydrogens (tertiary/aromatic N) is 3. The lowest BCUT2D eigenvalue weighted by molar-refractivity contribution is 0.538. The predicted molar refractivity (Wildman–Crippen MR) is 67.6 cm³/mol. The van der Waals surface area contributed by atoms with Crippen LogP contribution in [0.5, 0.6) is 0 Å². The zero-order valence-electron chi connectivity index (χ0n) is 10.3. The van der Waals surface area contributed by atoms with Crippen LogP contribution in [0.3, 0.4) is 0 Å². The van der Waals surface area contributed by atoms with Gasteiger partial charge in [-0.1, -0.05) is 6.92 Å². The summed E-state index contributed by atoms with van der Waals surface area (Å²) in [6.07, 6.45) is 8.50. The summed E-state index contributed by atoms with van der Waals surface area (Å²) in [5, 5.41) is 3.46. The molecule has 0 aliphatic heterocycles. The largest absolute Gasteiger partial charge is 0.340 e. The minimum atomic E-state index is 0.267. The molecule has 0 amide bonds. The molecule has 1 atom stereocenters. The first-order chi connectivity index (χ1) is 8.29. The topological polar surface area (TPSA) is 42.7 Å². The number of likely N-dealkylation sites (N-methyl/N-ethyl adjacent to an activating group) is 1. The van der Waals surface area contributed by atoms with Crippen LogP contribution in [0, 0.1) is 0 Å². The van der Waals surface area contributed by atoms with Gasteiger partial charge in [-0.25, -0.2) is 4.98 Å². The molecule has 0 saturated heterocycles. The van der Waals surface area contributed by atoms with Crippen LogP contribution in [-0.4, -0.2) is 21.1 Å². The van der Waals surface area contributed by atoms with Crippen molar-refractivity contribution in [1.29, 1.82) is 0 Å². The van der Waals surface area contributed by atoms with Crippen molar-refractivity contribution in [3.63, 3.8) is 0 Å². The van der Waals surface area contributed by atoms with E-state index in [1.807, 2.05) is 42.5 Å².